The summed E-state index contributed by atoms with van der Waals surface area (Å²) in [5.41, 5.74) is 3.80. The lowest BCUT2D eigenvalue weighted by Gasteiger charge is -2.13. The van der Waals surface area contributed by atoms with Crippen molar-refractivity contribution in [3.05, 3.63) is 59.4 Å². The highest BCUT2D eigenvalue weighted by Crippen LogP contribution is 2.24. The maximum Gasteiger partial charge on any atom is 0.0573 e. The van der Waals surface area contributed by atoms with Crippen LogP contribution in [0.4, 0.5) is 0 Å². The van der Waals surface area contributed by atoms with Crippen LogP contribution in [0.15, 0.2) is 47.5 Å². The molecule has 0 aliphatic heterocycles. The third-order valence-corrected chi connectivity index (χ3v) is 4.41. The van der Waals surface area contributed by atoms with Gasteiger partial charge in [-0.05, 0) is 38.1 Å². The Morgan fingerprint density at radius 2 is 2.10 bits per heavy atom. The largest absolute Gasteiger partial charge is 0.312 e. The van der Waals surface area contributed by atoms with Crippen LogP contribution >= 0.6 is 11.8 Å². The van der Waals surface area contributed by atoms with Crippen LogP contribution in [0.2, 0.25) is 0 Å². The molecule has 0 amide bonds. The van der Waals surface area contributed by atoms with Gasteiger partial charge in [0, 0.05) is 22.9 Å². The first kappa shape index (κ1) is 15.1. The van der Waals surface area contributed by atoms with Gasteiger partial charge in [-0.3, -0.25) is 4.98 Å². The summed E-state index contributed by atoms with van der Waals surface area (Å²) in [5, 5.41) is 3.28. The summed E-state index contributed by atoms with van der Waals surface area (Å²) in [6.45, 7) is 4.30. The molecular weight excluding hydrogens is 264 g/mol. The van der Waals surface area contributed by atoms with Crippen molar-refractivity contribution in [3.63, 3.8) is 0 Å². The average Bonchev–Trinajstić information content (AvgIpc) is 2.48. The number of hydrogen-bond donors (Lipinski definition) is 1. The zero-order chi connectivity index (χ0) is 14.4. The molecule has 0 saturated heterocycles. The SMILES string of the molecule is CCC(NC)c1ccc(SCc2cccc(C)c2)cn1. The topological polar surface area (TPSA) is 24.9 Å². The van der Waals surface area contributed by atoms with Crippen LogP contribution in [0.5, 0.6) is 0 Å². The van der Waals surface area contributed by atoms with Gasteiger partial charge in [0.05, 0.1) is 5.69 Å². The first-order valence-electron chi connectivity index (χ1n) is 7.04. The third kappa shape index (κ3) is 4.09. The number of rotatable bonds is 6. The Hall–Kier alpha value is -1.32. The third-order valence-electron chi connectivity index (χ3n) is 3.36. The van der Waals surface area contributed by atoms with Crippen LogP contribution < -0.4 is 5.32 Å². The molecule has 0 radical (unpaired) electrons. The van der Waals surface area contributed by atoms with Gasteiger partial charge < -0.3 is 5.32 Å². The average molecular weight is 286 g/mol. The Balaban J connectivity index is 1.97. The molecule has 0 aliphatic rings. The second kappa shape index (κ2) is 7.46. The van der Waals surface area contributed by atoms with Crippen LogP contribution in [-0.2, 0) is 5.75 Å². The number of nitrogens with one attached hydrogen (secondary N) is 1. The number of hydrogen-bond acceptors (Lipinski definition) is 3. The van der Waals surface area contributed by atoms with E-state index in [1.807, 2.05) is 25.0 Å². The minimum Gasteiger partial charge on any atom is -0.312 e. The second-order valence-electron chi connectivity index (χ2n) is 4.95. The lowest BCUT2D eigenvalue weighted by atomic mass is 10.1. The lowest BCUT2D eigenvalue weighted by Crippen LogP contribution is -2.16. The molecule has 0 saturated carbocycles. The summed E-state index contributed by atoms with van der Waals surface area (Å²) >= 11 is 1.83. The quantitative estimate of drug-likeness (QED) is 0.799. The first-order valence-corrected chi connectivity index (χ1v) is 8.03. The second-order valence-corrected chi connectivity index (χ2v) is 5.99. The van der Waals surface area contributed by atoms with E-state index in [4.69, 9.17) is 0 Å². The van der Waals surface area contributed by atoms with Crippen molar-refractivity contribution in [2.45, 2.75) is 37.0 Å². The van der Waals surface area contributed by atoms with E-state index in [0.717, 1.165) is 17.9 Å². The number of nitrogens with zero attached hydrogens (tertiary/aromatic N) is 1. The van der Waals surface area contributed by atoms with Gasteiger partial charge in [0.2, 0.25) is 0 Å². The van der Waals surface area contributed by atoms with E-state index in [1.165, 1.54) is 16.0 Å². The Morgan fingerprint density at radius 3 is 2.70 bits per heavy atom. The summed E-state index contributed by atoms with van der Waals surface area (Å²) < 4.78 is 0. The predicted octanol–water partition coefficient (Wildman–Crippen LogP) is 4.35. The highest BCUT2D eigenvalue weighted by atomic mass is 32.2. The molecule has 20 heavy (non-hydrogen) atoms. The summed E-state index contributed by atoms with van der Waals surface area (Å²) in [7, 11) is 1.98. The molecule has 1 aromatic heterocycles. The standard InChI is InChI=1S/C17H22N2S/c1-4-16(18-3)17-9-8-15(11-19-17)20-12-14-7-5-6-13(2)10-14/h5-11,16,18H,4,12H2,1-3H3. The van der Waals surface area contributed by atoms with Gasteiger partial charge in [0.15, 0.2) is 0 Å². The van der Waals surface area contributed by atoms with Crippen molar-refractivity contribution < 1.29 is 0 Å². The molecule has 1 unspecified atom stereocenters. The van der Waals surface area contributed by atoms with Crippen molar-refractivity contribution >= 4 is 11.8 Å². The number of aryl methyl sites for hydroxylation is 1. The molecule has 0 bridgehead atoms. The zero-order valence-electron chi connectivity index (χ0n) is 12.4. The fourth-order valence-electron chi connectivity index (χ4n) is 2.21. The van der Waals surface area contributed by atoms with Gasteiger partial charge in [0.1, 0.15) is 0 Å². The fraction of sp³-hybridized carbons (Fsp3) is 0.353. The molecule has 2 aromatic rings. The number of aromatic nitrogens is 1. The van der Waals surface area contributed by atoms with Gasteiger partial charge in [-0.25, -0.2) is 0 Å². The fourth-order valence-corrected chi connectivity index (χ4v) is 3.02. The minimum absolute atomic E-state index is 0.353. The van der Waals surface area contributed by atoms with E-state index < -0.39 is 0 Å². The van der Waals surface area contributed by atoms with Crippen molar-refractivity contribution in [2.24, 2.45) is 0 Å². The van der Waals surface area contributed by atoms with Crippen molar-refractivity contribution in [2.75, 3.05) is 7.05 Å². The lowest BCUT2D eigenvalue weighted by molar-refractivity contribution is 0.561. The molecule has 1 atom stereocenters. The number of benzene rings is 1. The van der Waals surface area contributed by atoms with Crippen LogP contribution in [0.25, 0.3) is 0 Å². The van der Waals surface area contributed by atoms with Gasteiger partial charge in [-0.2, -0.15) is 0 Å². The molecule has 1 heterocycles. The van der Waals surface area contributed by atoms with Gasteiger partial charge >= 0.3 is 0 Å². The number of pyridine rings is 1. The maximum atomic E-state index is 4.57. The van der Waals surface area contributed by atoms with E-state index >= 15 is 0 Å². The minimum atomic E-state index is 0.353. The summed E-state index contributed by atoms with van der Waals surface area (Å²) in [6, 6.07) is 13.3. The molecule has 0 spiro atoms. The Bertz CT molecular complexity index is 533. The predicted molar refractivity (Wildman–Crippen MR) is 87.1 cm³/mol. The molecule has 106 valence electrons. The molecule has 2 nitrogen and oxygen atoms in total. The highest BCUT2D eigenvalue weighted by Gasteiger charge is 2.07. The van der Waals surface area contributed by atoms with E-state index in [2.05, 4.69) is 60.5 Å². The Morgan fingerprint density at radius 1 is 1.25 bits per heavy atom. The van der Waals surface area contributed by atoms with Crippen molar-refractivity contribution in [3.8, 4) is 0 Å². The van der Waals surface area contributed by atoms with Gasteiger partial charge in [0.25, 0.3) is 0 Å². The smallest absolute Gasteiger partial charge is 0.0573 e. The van der Waals surface area contributed by atoms with Gasteiger partial charge in [-0.1, -0.05) is 36.8 Å². The van der Waals surface area contributed by atoms with E-state index in [1.54, 1.807) is 0 Å². The molecule has 3 heteroatoms. The van der Waals surface area contributed by atoms with Crippen molar-refractivity contribution in [1.29, 1.82) is 0 Å². The normalized spacial score (nSPS) is 12.3. The van der Waals surface area contributed by atoms with Gasteiger partial charge in [-0.15, -0.1) is 11.8 Å². The summed E-state index contributed by atoms with van der Waals surface area (Å²) in [5.74, 6) is 0.992. The van der Waals surface area contributed by atoms with Crippen LogP contribution in [0.1, 0.15) is 36.2 Å². The molecular formula is C17H22N2S. The number of thioether (sulfide) groups is 1. The van der Waals surface area contributed by atoms with Crippen LogP contribution in [-0.4, -0.2) is 12.0 Å². The molecule has 2 rings (SSSR count). The monoisotopic (exact) mass is 286 g/mol. The Kier molecular flexibility index (Phi) is 5.62. The summed E-state index contributed by atoms with van der Waals surface area (Å²) in [4.78, 5) is 5.79. The first-order chi connectivity index (χ1) is 9.72. The molecule has 0 aliphatic carbocycles. The highest BCUT2D eigenvalue weighted by molar-refractivity contribution is 7.98. The van der Waals surface area contributed by atoms with Crippen LogP contribution in [0, 0.1) is 6.92 Å². The van der Waals surface area contributed by atoms with Crippen LogP contribution in [0.3, 0.4) is 0 Å². The van der Waals surface area contributed by atoms with E-state index in [9.17, 15) is 0 Å². The molecule has 1 N–H and O–H groups in total. The molecule has 0 fully saturated rings. The molecule has 1 aromatic carbocycles. The Labute approximate surface area is 126 Å². The van der Waals surface area contributed by atoms with E-state index in [0.29, 0.717) is 6.04 Å². The maximum absolute atomic E-state index is 4.57. The summed E-state index contributed by atoms with van der Waals surface area (Å²) in [6.07, 6.45) is 3.04. The van der Waals surface area contributed by atoms with Crippen molar-refractivity contribution in [1.82, 2.24) is 10.3 Å². The van der Waals surface area contributed by atoms with E-state index in [-0.39, 0.29) is 0 Å². The zero-order valence-corrected chi connectivity index (χ0v) is 13.2.